The summed E-state index contributed by atoms with van der Waals surface area (Å²) in [5.41, 5.74) is 12.2. The van der Waals surface area contributed by atoms with Crippen LogP contribution < -0.4 is 31.8 Å². The van der Waals surface area contributed by atoms with Gasteiger partial charge in [0.15, 0.2) is 34.7 Å². The largest absolute Gasteiger partial charge is 0.505 e. The minimum atomic E-state index is -0.536. The molecule has 92 heavy (non-hydrogen) atoms. The maximum atomic E-state index is 12.5. The van der Waals surface area contributed by atoms with Crippen LogP contribution in [0.2, 0.25) is 0 Å². The van der Waals surface area contributed by atoms with Crippen molar-refractivity contribution in [1.82, 2.24) is 14.5 Å². The van der Waals surface area contributed by atoms with Gasteiger partial charge in [-0.1, -0.05) is 140 Å². The number of hydrogen-bond acceptors (Lipinski definition) is 12. The molecule has 4 atom stereocenters. The second-order valence-electron chi connectivity index (χ2n) is 22.7. The van der Waals surface area contributed by atoms with Crippen molar-refractivity contribution in [1.29, 1.82) is 0 Å². The van der Waals surface area contributed by atoms with Crippen molar-refractivity contribution in [2.75, 3.05) is 21.3 Å². The van der Waals surface area contributed by atoms with Crippen molar-refractivity contribution in [2.45, 2.75) is 24.4 Å². The van der Waals surface area contributed by atoms with Gasteiger partial charge in [0.25, 0.3) is 17.6 Å². The zero-order valence-corrected chi connectivity index (χ0v) is 48.9. The first-order valence-electron chi connectivity index (χ1n) is 29.6. The molecule has 3 amide bonds. The average molecular weight is 1220 g/mol. The van der Waals surface area contributed by atoms with Crippen molar-refractivity contribution in [3.8, 4) is 28.8 Å². The normalized spacial score (nSPS) is 17.4. The van der Waals surface area contributed by atoms with Crippen molar-refractivity contribution >= 4 is 102 Å². The van der Waals surface area contributed by atoms with Crippen LogP contribution in [0, 0.1) is 5.92 Å². The number of Topliss-reactive ketones (excluding diaryl/α,β-unsaturated/α-hetero) is 4. The lowest BCUT2D eigenvalue weighted by molar-refractivity contribution is -0.117. The van der Waals surface area contributed by atoms with E-state index in [1.165, 1.54) is 0 Å². The van der Waals surface area contributed by atoms with Gasteiger partial charge in [0, 0.05) is 73.2 Å². The van der Waals surface area contributed by atoms with E-state index in [4.69, 9.17) is 0 Å². The van der Waals surface area contributed by atoms with Gasteiger partial charge < -0.3 is 51.1 Å². The minimum absolute atomic E-state index is 0.0162. The van der Waals surface area contributed by atoms with Crippen LogP contribution >= 0.6 is 0 Å². The van der Waals surface area contributed by atoms with Gasteiger partial charge in [0.2, 0.25) is 5.91 Å². The SMILES string of the molecule is Cn1c(O)c(C2=c3ccccc3=NC2=O)c2ccccc21.O=C1Nc2ccccc2C1=O.O=C1c2ccccc2CC1C1Nc2ccccc2C1=O.O=C1c2ccccc2NC1C1C(=O)Nc2ccccc21.Oc1c(-c2[nH]c3ccccc3c2O)[nH]c2ccccc12. The van der Waals surface area contributed by atoms with E-state index in [9.17, 15) is 48.9 Å². The fourth-order valence-corrected chi connectivity index (χ4v) is 12.9. The number of para-hydroxylation sites is 8. The molecule has 0 fully saturated rings. The molecule has 12 aromatic rings. The van der Waals surface area contributed by atoms with E-state index >= 15 is 0 Å². The van der Waals surface area contributed by atoms with Gasteiger partial charge in [-0.25, -0.2) is 4.99 Å². The number of H-pyrrole nitrogens is 2. The number of anilines is 4. The summed E-state index contributed by atoms with van der Waals surface area (Å²) in [7, 11) is 1.78. The van der Waals surface area contributed by atoms with Crippen LogP contribution in [0.15, 0.2) is 223 Å². The maximum Gasteiger partial charge on any atom is 0.296 e. The quantitative estimate of drug-likeness (QED) is 0.0744. The lowest BCUT2D eigenvalue weighted by Crippen LogP contribution is -2.35. The Morgan fingerprint density at radius 3 is 1.59 bits per heavy atom. The number of carbonyl (C=O) groups excluding carboxylic acids is 7. The van der Waals surface area contributed by atoms with Crippen molar-refractivity contribution in [3.05, 3.63) is 268 Å². The molecule has 0 saturated carbocycles. The number of benzene rings is 9. The highest BCUT2D eigenvalue weighted by atomic mass is 16.3. The Hall–Kier alpha value is -12.4. The number of amides is 3. The average Bonchev–Trinajstić information content (AvgIpc) is 1.62. The van der Waals surface area contributed by atoms with E-state index in [2.05, 4.69) is 36.2 Å². The van der Waals surface area contributed by atoms with E-state index < -0.39 is 29.7 Å². The predicted molar refractivity (Wildman–Crippen MR) is 350 cm³/mol. The molecule has 450 valence electrons. The maximum absolute atomic E-state index is 12.5. The first kappa shape index (κ1) is 57.3. The zero-order valence-electron chi connectivity index (χ0n) is 48.9. The van der Waals surface area contributed by atoms with E-state index in [1.54, 1.807) is 41.9 Å². The molecule has 18 rings (SSSR count). The van der Waals surface area contributed by atoms with Gasteiger partial charge in [-0.05, 0) is 96.4 Å². The van der Waals surface area contributed by atoms with Crippen LogP contribution in [0.1, 0.15) is 64.0 Å². The summed E-state index contributed by atoms with van der Waals surface area (Å²) in [5, 5.41) is 46.6. The predicted octanol–water partition coefficient (Wildman–Crippen LogP) is 10.9. The van der Waals surface area contributed by atoms with Crippen LogP contribution in [-0.4, -0.2) is 82.8 Å². The molecule has 4 unspecified atom stereocenters. The standard InChI is InChI=1S/C17H12N2O2.C17H13NO2.2C16H12N2O2.C8H5NO2/c1-19-13-9-5-3-7-11(13)15(17(19)21)14-10-6-2-4-8-12(10)18-16(14)20;19-16-11-6-2-1-5-10(11)9-13(16)15-17(20)12-7-3-4-8-14(12)18-15;19-15-9-5-1-3-7-11(9)17-13(15)14-16(20)10-6-2-4-8-12(10)18-14;19-15-10-6-2-4-8-12(10)17-14(15)13-9-5-1-3-7-11(9)18-16(13)20;10-7-5-3-1-2-4-6(5)9-8(7)11/h2-9,21H,1H3;1-8,13,15,18H,9H2;1-8,17-20H;1-8,13-14,17H,(H,18,20);1-4H,(H,9,10,11). The van der Waals surface area contributed by atoms with Crippen molar-refractivity contribution in [3.63, 3.8) is 0 Å². The monoisotopic (exact) mass is 1210 g/mol. The highest BCUT2D eigenvalue weighted by Gasteiger charge is 2.45. The molecule has 18 nitrogen and oxygen atoms in total. The van der Waals surface area contributed by atoms with Gasteiger partial charge in [-0.15, -0.1) is 0 Å². The first-order valence-corrected chi connectivity index (χ1v) is 29.6. The molecule has 8 heterocycles. The summed E-state index contributed by atoms with van der Waals surface area (Å²) in [5.74, 6) is -1.68. The summed E-state index contributed by atoms with van der Waals surface area (Å²) in [6.07, 6.45) is 0.645. The van der Waals surface area contributed by atoms with Crippen LogP contribution in [0.3, 0.4) is 0 Å². The van der Waals surface area contributed by atoms with Gasteiger partial charge in [0.1, 0.15) is 23.5 Å². The number of rotatable bonds is 4. The number of fused-ring (bicyclic) bond motifs is 9. The second kappa shape index (κ2) is 23.3. The Labute approximate surface area is 523 Å². The zero-order chi connectivity index (χ0) is 63.5. The molecule has 6 aliphatic rings. The summed E-state index contributed by atoms with van der Waals surface area (Å²) >= 11 is 0. The van der Waals surface area contributed by atoms with E-state index in [1.807, 2.05) is 188 Å². The minimum Gasteiger partial charge on any atom is -0.505 e. The smallest absolute Gasteiger partial charge is 0.296 e. The number of aryl methyl sites for hydroxylation is 1. The number of ketones is 4. The Morgan fingerprint density at radius 2 is 0.967 bits per heavy atom. The molecule has 1 aliphatic carbocycles. The lowest BCUT2D eigenvalue weighted by Gasteiger charge is -2.16. The van der Waals surface area contributed by atoms with Gasteiger partial charge >= 0.3 is 0 Å². The van der Waals surface area contributed by atoms with Crippen molar-refractivity contribution < 1.29 is 48.9 Å². The van der Waals surface area contributed by atoms with E-state index in [0.717, 1.165) is 71.7 Å². The first-order chi connectivity index (χ1) is 44.7. The number of aromatic amines is 2. The van der Waals surface area contributed by atoms with Crippen LogP contribution in [-0.2, 0) is 27.9 Å². The molecular weight excluding hydrogens is 1160 g/mol. The highest BCUT2D eigenvalue weighted by molar-refractivity contribution is 6.51. The van der Waals surface area contributed by atoms with Gasteiger partial charge in [0.05, 0.1) is 45.1 Å². The number of carbonyl (C=O) groups is 7. The Bertz CT molecular complexity index is 5110. The molecule has 3 aromatic heterocycles. The third-order valence-corrected chi connectivity index (χ3v) is 17.4. The molecule has 9 aromatic carbocycles. The summed E-state index contributed by atoms with van der Waals surface area (Å²) in [6, 6.07) is 65.9. The second-order valence-corrected chi connectivity index (χ2v) is 22.7. The summed E-state index contributed by atoms with van der Waals surface area (Å²) in [6.45, 7) is 0. The number of hydrogen-bond donors (Lipinski definition) is 9. The van der Waals surface area contributed by atoms with Crippen LogP contribution in [0.5, 0.6) is 17.4 Å². The fraction of sp³-hybridized carbons (Fsp3) is 0.0811. The van der Waals surface area contributed by atoms with Gasteiger partial charge in [-0.2, -0.15) is 0 Å². The van der Waals surface area contributed by atoms with Crippen LogP contribution in [0.4, 0.5) is 22.7 Å². The molecule has 18 heteroatoms. The van der Waals surface area contributed by atoms with E-state index in [0.29, 0.717) is 56.7 Å². The van der Waals surface area contributed by atoms with Gasteiger partial charge in [-0.3, -0.25) is 33.6 Å². The van der Waals surface area contributed by atoms with Crippen LogP contribution in [0.25, 0.3) is 49.7 Å². The molecule has 0 bridgehead atoms. The fourth-order valence-electron chi connectivity index (χ4n) is 12.9. The molecule has 0 saturated heterocycles. The molecule has 5 aliphatic heterocycles. The Morgan fingerprint density at radius 1 is 0.467 bits per heavy atom. The van der Waals surface area contributed by atoms with Crippen molar-refractivity contribution in [2.24, 2.45) is 18.0 Å². The molecular formula is C74H54N8O10. The summed E-state index contributed by atoms with van der Waals surface area (Å²) < 4.78 is 1.69. The highest BCUT2D eigenvalue weighted by Crippen LogP contribution is 2.44. The Balaban J connectivity index is 0.000000101. The number of aromatic nitrogens is 3. The number of aromatic hydroxyl groups is 3. The molecule has 0 spiro atoms. The Kier molecular flexibility index (Phi) is 14.5. The lowest BCUT2D eigenvalue weighted by atomic mass is 9.90. The topological polar surface area (TPSA) is 277 Å². The summed E-state index contributed by atoms with van der Waals surface area (Å²) in [4.78, 5) is 94.1. The van der Waals surface area contributed by atoms with E-state index in [-0.39, 0.29) is 52.5 Å². The molecule has 0 radical (unpaired) electrons. The number of nitrogens with zero attached hydrogens (tertiary/aromatic N) is 2. The molecule has 9 N–H and O–H groups in total. The third kappa shape index (κ3) is 9.88. The number of nitrogens with one attached hydrogen (secondary N) is 6. The third-order valence-electron chi connectivity index (χ3n) is 17.4.